The molecule has 3 aliphatic rings. The van der Waals surface area contributed by atoms with Gasteiger partial charge in [0, 0.05) is 18.1 Å². The van der Waals surface area contributed by atoms with Crippen molar-refractivity contribution >= 4 is 23.5 Å². The number of benzene rings is 1. The van der Waals surface area contributed by atoms with E-state index in [1.807, 2.05) is 29.2 Å². The number of carboxylic acids is 1. The zero-order valence-corrected chi connectivity index (χ0v) is 13.6. The molecule has 2 atom stereocenters. The van der Waals surface area contributed by atoms with E-state index in [-0.39, 0.29) is 11.8 Å². The predicted molar refractivity (Wildman–Crippen MR) is 86.3 cm³/mol. The fraction of sp³-hybridized carbons (Fsp3) is 0.556. The van der Waals surface area contributed by atoms with E-state index in [1.165, 1.54) is 0 Å². The average Bonchev–Trinajstić information content (AvgIpc) is 3.45. The third kappa shape index (κ3) is 2.53. The van der Waals surface area contributed by atoms with Crippen molar-refractivity contribution in [3.63, 3.8) is 0 Å². The molecular formula is C18H20ClNO3. The van der Waals surface area contributed by atoms with Crippen LogP contribution in [-0.2, 0) is 15.0 Å². The van der Waals surface area contributed by atoms with Gasteiger partial charge in [0.15, 0.2) is 0 Å². The summed E-state index contributed by atoms with van der Waals surface area (Å²) < 4.78 is 0. The van der Waals surface area contributed by atoms with Crippen LogP contribution in [0.15, 0.2) is 24.3 Å². The number of amides is 1. The molecule has 1 aromatic carbocycles. The van der Waals surface area contributed by atoms with Crippen LogP contribution in [0, 0.1) is 17.8 Å². The number of nitrogens with zero attached hydrogens (tertiary/aromatic N) is 1. The lowest BCUT2D eigenvalue weighted by molar-refractivity contribution is -0.142. The van der Waals surface area contributed by atoms with Crippen LogP contribution in [0.2, 0.25) is 5.02 Å². The lowest BCUT2D eigenvalue weighted by atomic mass is 9.92. The Morgan fingerprint density at radius 2 is 1.78 bits per heavy atom. The Kier molecular flexibility index (Phi) is 3.41. The maximum Gasteiger partial charge on any atom is 0.308 e. The third-order valence-electron chi connectivity index (χ3n) is 5.75. The number of aliphatic carboxylic acids is 1. The summed E-state index contributed by atoms with van der Waals surface area (Å²) in [4.78, 5) is 26.4. The summed E-state index contributed by atoms with van der Waals surface area (Å²) in [7, 11) is 0. The second kappa shape index (κ2) is 5.23. The molecule has 1 aromatic rings. The van der Waals surface area contributed by atoms with Gasteiger partial charge in [-0.25, -0.2) is 0 Å². The SMILES string of the molecule is O=C(O)[C@H]1CN(C(=O)C2(c3ccc(Cl)cc3)CC2)C[C@@H]1C1CC1. The Labute approximate surface area is 140 Å². The summed E-state index contributed by atoms with van der Waals surface area (Å²) in [6, 6.07) is 7.50. The van der Waals surface area contributed by atoms with Gasteiger partial charge in [-0.05, 0) is 55.2 Å². The molecule has 5 heteroatoms. The number of halogens is 1. The molecule has 1 aliphatic heterocycles. The first-order chi connectivity index (χ1) is 11.0. The Morgan fingerprint density at radius 1 is 1.13 bits per heavy atom. The van der Waals surface area contributed by atoms with Gasteiger partial charge in [-0.2, -0.15) is 0 Å². The summed E-state index contributed by atoms with van der Waals surface area (Å²) in [5.41, 5.74) is 0.570. The summed E-state index contributed by atoms with van der Waals surface area (Å²) in [5, 5.41) is 10.1. The number of carbonyl (C=O) groups is 2. The number of carboxylic acid groups (broad SMARTS) is 1. The molecular weight excluding hydrogens is 314 g/mol. The third-order valence-corrected chi connectivity index (χ3v) is 6.01. The van der Waals surface area contributed by atoms with E-state index in [0.717, 1.165) is 31.2 Å². The number of hydrogen-bond donors (Lipinski definition) is 1. The van der Waals surface area contributed by atoms with Crippen molar-refractivity contribution in [2.75, 3.05) is 13.1 Å². The summed E-state index contributed by atoms with van der Waals surface area (Å²) in [5.74, 6) is -0.410. The summed E-state index contributed by atoms with van der Waals surface area (Å²) >= 11 is 5.94. The van der Waals surface area contributed by atoms with Gasteiger partial charge in [-0.3, -0.25) is 9.59 Å². The molecule has 0 bridgehead atoms. The number of hydrogen-bond acceptors (Lipinski definition) is 2. The average molecular weight is 334 g/mol. The molecule has 0 spiro atoms. The first kappa shape index (κ1) is 15.0. The van der Waals surface area contributed by atoms with E-state index >= 15 is 0 Å². The molecule has 2 saturated carbocycles. The second-order valence-electron chi connectivity index (χ2n) is 7.25. The highest BCUT2D eigenvalue weighted by atomic mass is 35.5. The van der Waals surface area contributed by atoms with Gasteiger partial charge in [0.05, 0.1) is 11.3 Å². The molecule has 1 amide bonds. The van der Waals surface area contributed by atoms with Crippen molar-refractivity contribution in [3.8, 4) is 0 Å². The minimum atomic E-state index is -0.756. The molecule has 1 saturated heterocycles. The van der Waals surface area contributed by atoms with Crippen molar-refractivity contribution in [2.24, 2.45) is 17.8 Å². The highest BCUT2D eigenvalue weighted by molar-refractivity contribution is 6.30. The van der Waals surface area contributed by atoms with Crippen LogP contribution >= 0.6 is 11.6 Å². The van der Waals surface area contributed by atoms with Gasteiger partial charge < -0.3 is 10.0 Å². The fourth-order valence-electron chi connectivity index (χ4n) is 4.08. The topological polar surface area (TPSA) is 57.6 Å². The normalized spacial score (nSPS) is 28.7. The van der Waals surface area contributed by atoms with Crippen molar-refractivity contribution in [1.82, 2.24) is 4.90 Å². The summed E-state index contributed by atoms with van der Waals surface area (Å²) in [6.45, 7) is 0.973. The monoisotopic (exact) mass is 333 g/mol. The van der Waals surface area contributed by atoms with Crippen LogP contribution in [0.5, 0.6) is 0 Å². The first-order valence-electron chi connectivity index (χ1n) is 8.29. The maximum absolute atomic E-state index is 13.1. The Morgan fingerprint density at radius 3 is 2.30 bits per heavy atom. The molecule has 4 rings (SSSR count). The van der Waals surface area contributed by atoms with Crippen LogP contribution < -0.4 is 0 Å². The van der Waals surface area contributed by atoms with E-state index in [9.17, 15) is 14.7 Å². The zero-order valence-electron chi connectivity index (χ0n) is 12.9. The minimum absolute atomic E-state index is 0.106. The van der Waals surface area contributed by atoms with E-state index in [2.05, 4.69) is 0 Å². The van der Waals surface area contributed by atoms with Crippen LogP contribution in [0.4, 0.5) is 0 Å². The molecule has 3 fully saturated rings. The van der Waals surface area contributed by atoms with Crippen molar-refractivity contribution in [3.05, 3.63) is 34.9 Å². The number of carbonyl (C=O) groups excluding carboxylic acids is 1. The lowest BCUT2D eigenvalue weighted by Crippen LogP contribution is -2.38. The quantitative estimate of drug-likeness (QED) is 0.921. The lowest BCUT2D eigenvalue weighted by Gasteiger charge is -2.23. The van der Waals surface area contributed by atoms with Crippen LogP contribution in [0.1, 0.15) is 31.2 Å². The molecule has 0 radical (unpaired) electrons. The smallest absolute Gasteiger partial charge is 0.308 e. The number of rotatable bonds is 4. The molecule has 23 heavy (non-hydrogen) atoms. The van der Waals surface area contributed by atoms with Crippen molar-refractivity contribution < 1.29 is 14.7 Å². The Bertz CT molecular complexity index is 649. The molecule has 4 nitrogen and oxygen atoms in total. The van der Waals surface area contributed by atoms with Crippen molar-refractivity contribution in [1.29, 1.82) is 0 Å². The molecule has 1 heterocycles. The van der Waals surface area contributed by atoms with Gasteiger partial charge in [0.25, 0.3) is 0 Å². The molecule has 1 N–H and O–H groups in total. The minimum Gasteiger partial charge on any atom is -0.481 e. The van der Waals surface area contributed by atoms with E-state index in [0.29, 0.717) is 24.0 Å². The van der Waals surface area contributed by atoms with Gasteiger partial charge in [-0.1, -0.05) is 23.7 Å². The molecule has 2 aliphatic carbocycles. The first-order valence-corrected chi connectivity index (χ1v) is 8.67. The Hall–Kier alpha value is -1.55. The molecule has 0 aromatic heterocycles. The van der Waals surface area contributed by atoms with E-state index < -0.39 is 17.3 Å². The summed E-state index contributed by atoms with van der Waals surface area (Å²) in [6.07, 6.45) is 3.91. The van der Waals surface area contributed by atoms with Gasteiger partial charge in [0.2, 0.25) is 5.91 Å². The van der Waals surface area contributed by atoms with E-state index in [4.69, 9.17) is 11.6 Å². The number of likely N-dealkylation sites (tertiary alicyclic amines) is 1. The predicted octanol–water partition coefficient (Wildman–Crippen LogP) is 2.94. The standard InChI is InChI=1S/C18H20ClNO3/c19-13-5-3-12(4-6-13)18(7-8-18)17(23)20-9-14(11-1-2-11)15(10-20)16(21)22/h3-6,11,14-15H,1-2,7-10H2,(H,21,22)/t14-,15+/m1/s1. The largest absolute Gasteiger partial charge is 0.481 e. The van der Waals surface area contributed by atoms with Crippen LogP contribution in [0.3, 0.4) is 0 Å². The maximum atomic E-state index is 13.1. The van der Waals surface area contributed by atoms with Gasteiger partial charge in [-0.15, -0.1) is 0 Å². The van der Waals surface area contributed by atoms with Crippen LogP contribution in [0.25, 0.3) is 0 Å². The molecule has 122 valence electrons. The van der Waals surface area contributed by atoms with Crippen LogP contribution in [-0.4, -0.2) is 35.0 Å². The van der Waals surface area contributed by atoms with Gasteiger partial charge >= 0.3 is 5.97 Å². The zero-order chi connectivity index (χ0) is 16.2. The van der Waals surface area contributed by atoms with Crippen molar-refractivity contribution in [2.45, 2.75) is 31.1 Å². The highest BCUT2D eigenvalue weighted by Crippen LogP contribution is 2.52. The Balaban J connectivity index is 1.55. The molecule has 0 unspecified atom stereocenters. The highest BCUT2D eigenvalue weighted by Gasteiger charge is 2.56. The second-order valence-corrected chi connectivity index (χ2v) is 7.68. The fourth-order valence-corrected chi connectivity index (χ4v) is 4.21. The van der Waals surface area contributed by atoms with E-state index in [1.54, 1.807) is 0 Å². The van der Waals surface area contributed by atoms with Gasteiger partial charge in [0.1, 0.15) is 0 Å².